The molecule has 25 heavy (non-hydrogen) atoms. The van der Waals surface area contributed by atoms with E-state index in [0.29, 0.717) is 13.2 Å². The van der Waals surface area contributed by atoms with Crippen LogP contribution in [0.2, 0.25) is 0 Å². The monoisotopic (exact) mass is 338 g/mol. The van der Waals surface area contributed by atoms with Crippen molar-refractivity contribution in [3.63, 3.8) is 0 Å². The van der Waals surface area contributed by atoms with E-state index < -0.39 is 6.04 Å². The molecule has 5 nitrogen and oxygen atoms in total. The number of nitrogens with one attached hydrogen (secondary N) is 1. The highest BCUT2D eigenvalue weighted by molar-refractivity contribution is 6.07. The molecule has 3 rings (SSSR count). The van der Waals surface area contributed by atoms with Gasteiger partial charge in [-0.2, -0.15) is 0 Å². The van der Waals surface area contributed by atoms with Gasteiger partial charge >= 0.3 is 0 Å². The number of nitrogens with zero attached hydrogens (tertiary/aromatic N) is 1. The molecule has 1 N–H and O–H groups in total. The van der Waals surface area contributed by atoms with Crippen molar-refractivity contribution < 1.29 is 14.3 Å². The number of amides is 2. The molecule has 2 amide bonds. The molecule has 0 saturated carbocycles. The van der Waals surface area contributed by atoms with Gasteiger partial charge in [0.25, 0.3) is 5.91 Å². The average molecular weight is 338 g/mol. The minimum Gasteiger partial charge on any atom is -0.492 e. The summed E-state index contributed by atoms with van der Waals surface area (Å²) >= 11 is 0. The summed E-state index contributed by atoms with van der Waals surface area (Å²) in [6.07, 6.45) is 0. The fraction of sp³-hybridized carbons (Fsp3) is 0.300. The fourth-order valence-corrected chi connectivity index (χ4v) is 3.26. The molecular formula is C20H22N2O3. The minimum absolute atomic E-state index is 0.112. The highest BCUT2D eigenvalue weighted by Gasteiger charge is 2.39. The number of rotatable bonds is 5. The number of ether oxygens (including phenoxy) is 1. The van der Waals surface area contributed by atoms with E-state index >= 15 is 0 Å². The summed E-state index contributed by atoms with van der Waals surface area (Å²) in [4.78, 5) is 26.2. The van der Waals surface area contributed by atoms with E-state index in [1.165, 1.54) is 6.92 Å². The largest absolute Gasteiger partial charge is 0.492 e. The third-order valence-corrected chi connectivity index (χ3v) is 4.38. The van der Waals surface area contributed by atoms with Crippen LogP contribution in [-0.4, -0.2) is 25.0 Å². The summed E-state index contributed by atoms with van der Waals surface area (Å²) < 4.78 is 5.74. The van der Waals surface area contributed by atoms with Crippen LogP contribution in [0, 0.1) is 13.8 Å². The van der Waals surface area contributed by atoms with Crippen LogP contribution in [0.1, 0.15) is 29.7 Å². The Morgan fingerprint density at radius 2 is 1.80 bits per heavy atom. The lowest BCUT2D eigenvalue weighted by atomic mass is 9.99. The maximum absolute atomic E-state index is 12.9. The van der Waals surface area contributed by atoms with Gasteiger partial charge in [-0.15, -0.1) is 0 Å². The standard InChI is InChI=1S/C20H22N2O3/c1-13-9-10-14(2)19-17(13)18(21-15(3)23)20(24)22(19)11-12-25-16-7-5-4-6-8-16/h4-10,18H,11-12H2,1-3H3,(H,21,23)/t18-/m1/s1. The number of hydrogen-bond donors (Lipinski definition) is 1. The predicted molar refractivity (Wildman–Crippen MR) is 96.8 cm³/mol. The molecule has 0 unspecified atom stereocenters. The van der Waals surface area contributed by atoms with Gasteiger partial charge in [0.05, 0.1) is 12.2 Å². The number of fused-ring (bicyclic) bond motifs is 1. The third kappa shape index (κ3) is 3.36. The summed E-state index contributed by atoms with van der Waals surface area (Å²) in [6, 6.07) is 12.9. The van der Waals surface area contributed by atoms with Gasteiger partial charge in [-0.1, -0.05) is 30.3 Å². The molecule has 0 bridgehead atoms. The zero-order valence-corrected chi connectivity index (χ0v) is 14.7. The molecule has 0 fully saturated rings. The Balaban J connectivity index is 1.84. The van der Waals surface area contributed by atoms with Gasteiger partial charge in [0.1, 0.15) is 18.4 Å². The Labute approximate surface area is 147 Å². The Kier molecular flexibility index (Phi) is 4.74. The first-order chi connectivity index (χ1) is 12.0. The molecule has 0 aromatic heterocycles. The molecule has 1 atom stereocenters. The van der Waals surface area contributed by atoms with Crippen molar-refractivity contribution in [2.24, 2.45) is 0 Å². The number of aryl methyl sites for hydroxylation is 2. The van der Waals surface area contributed by atoms with Gasteiger partial charge in [0.2, 0.25) is 5.91 Å². The molecule has 0 saturated heterocycles. The Bertz CT molecular complexity index is 802. The highest BCUT2D eigenvalue weighted by Crippen LogP contribution is 2.40. The van der Waals surface area contributed by atoms with Crippen LogP contribution in [0.4, 0.5) is 5.69 Å². The summed E-state index contributed by atoms with van der Waals surface area (Å²) in [5.41, 5.74) is 3.79. The zero-order valence-electron chi connectivity index (χ0n) is 14.7. The third-order valence-electron chi connectivity index (χ3n) is 4.38. The summed E-state index contributed by atoms with van der Waals surface area (Å²) in [5.74, 6) is 0.445. The van der Waals surface area contributed by atoms with Crippen LogP contribution < -0.4 is 15.0 Å². The van der Waals surface area contributed by atoms with Crippen LogP contribution in [0.3, 0.4) is 0 Å². The zero-order chi connectivity index (χ0) is 18.0. The van der Waals surface area contributed by atoms with Crippen LogP contribution >= 0.6 is 0 Å². The number of hydrogen-bond acceptors (Lipinski definition) is 3. The first-order valence-electron chi connectivity index (χ1n) is 8.35. The summed E-state index contributed by atoms with van der Waals surface area (Å²) in [6.45, 7) is 6.19. The molecule has 1 aliphatic rings. The lowest BCUT2D eigenvalue weighted by Gasteiger charge is -2.20. The van der Waals surface area contributed by atoms with Gasteiger partial charge in [-0.3, -0.25) is 9.59 Å². The van der Waals surface area contributed by atoms with Crippen molar-refractivity contribution in [3.8, 4) is 5.75 Å². The SMILES string of the molecule is CC(=O)N[C@H]1C(=O)N(CCOc2ccccc2)c2c(C)ccc(C)c21. The second-order valence-electron chi connectivity index (χ2n) is 6.25. The molecule has 0 aliphatic carbocycles. The van der Waals surface area contributed by atoms with Gasteiger partial charge in [0, 0.05) is 12.5 Å². The second-order valence-corrected chi connectivity index (χ2v) is 6.25. The smallest absolute Gasteiger partial charge is 0.254 e. The molecule has 5 heteroatoms. The average Bonchev–Trinajstić information content (AvgIpc) is 2.86. The second kappa shape index (κ2) is 6.97. The van der Waals surface area contributed by atoms with E-state index in [4.69, 9.17) is 4.74 Å². The van der Waals surface area contributed by atoms with Crippen LogP contribution in [0.5, 0.6) is 5.75 Å². The Hall–Kier alpha value is -2.82. The predicted octanol–water partition coefficient (Wildman–Crippen LogP) is 2.91. The maximum Gasteiger partial charge on any atom is 0.254 e. The van der Waals surface area contributed by atoms with E-state index in [1.54, 1.807) is 4.90 Å². The topological polar surface area (TPSA) is 58.6 Å². The van der Waals surface area contributed by atoms with Crippen molar-refractivity contribution >= 4 is 17.5 Å². The van der Waals surface area contributed by atoms with Crippen molar-refractivity contribution in [2.75, 3.05) is 18.1 Å². The van der Waals surface area contributed by atoms with Crippen LogP contribution in [-0.2, 0) is 9.59 Å². The maximum atomic E-state index is 12.9. The van der Waals surface area contributed by atoms with E-state index in [2.05, 4.69) is 5.32 Å². The van der Waals surface area contributed by atoms with E-state index in [0.717, 1.165) is 28.1 Å². The number of carbonyl (C=O) groups excluding carboxylic acids is 2. The van der Waals surface area contributed by atoms with E-state index in [9.17, 15) is 9.59 Å². The van der Waals surface area contributed by atoms with Crippen molar-refractivity contribution in [1.29, 1.82) is 0 Å². The van der Waals surface area contributed by atoms with Crippen LogP contribution in [0.25, 0.3) is 0 Å². The number of carbonyl (C=O) groups is 2. The quantitative estimate of drug-likeness (QED) is 0.912. The normalized spacial score (nSPS) is 15.9. The summed E-state index contributed by atoms with van der Waals surface area (Å²) in [5, 5.41) is 2.78. The lowest BCUT2D eigenvalue weighted by Crippen LogP contribution is -2.38. The lowest BCUT2D eigenvalue weighted by molar-refractivity contribution is -0.126. The van der Waals surface area contributed by atoms with Crippen LogP contribution in [0.15, 0.2) is 42.5 Å². The van der Waals surface area contributed by atoms with Crippen molar-refractivity contribution in [3.05, 3.63) is 59.2 Å². The number of anilines is 1. The number of para-hydroxylation sites is 1. The molecule has 1 heterocycles. The first kappa shape index (κ1) is 17.0. The van der Waals surface area contributed by atoms with Gasteiger partial charge in [-0.25, -0.2) is 0 Å². The molecule has 130 valence electrons. The molecule has 2 aromatic carbocycles. The summed E-state index contributed by atoms with van der Waals surface area (Å²) in [7, 11) is 0. The highest BCUT2D eigenvalue weighted by atomic mass is 16.5. The Morgan fingerprint density at radius 3 is 2.48 bits per heavy atom. The molecule has 0 radical (unpaired) electrons. The number of benzene rings is 2. The molecular weight excluding hydrogens is 316 g/mol. The van der Waals surface area contributed by atoms with Crippen molar-refractivity contribution in [1.82, 2.24) is 5.32 Å². The van der Waals surface area contributed by atoms with E-state index in [1.807, 2.05) is 56.3 Å². The van der Waals surface area contributed by atoms with Crippen molar-refractivity contribution in [2.45, 2.75) is 26.8 Å². The molecule has 1 aliphatic heterocycles. The molecule has 2 aromatic rings. The Morgan fingerprint density at radius 1 is 1.12 bits per heavy atom. The molecule has 0 spiro atoms. The van der Waals surface area contributed by atoms with Gasteiger partial charge in [0.15, 0.2) is 0 Å². The van der Waals surface area contributed by atoms with Gasteiger partial charge < -0.3 is 15.0 Å². The van der Waals surface area contributed by atoms with Gasteiger partial charge in [-0.05, 0) is 37.1 Å². The fourth-order valence-electron chi connectivity index (χ4n) is 3.26. The first-order valence-corrected chi connectivity index (χ1v) is 8.35. The van der Waals surface area contributed by atoms with E-state index in [-0.39, 0.29) is 11.8 Å². The minimum atomic E-state index is -0.621.